The number of ether oxygens (including phenoxy) is 1. The van der Waals surface area contributed by atoms with E-state index < -0.39 is 11.4 Å². The van der Waals surface area contributed by atoms with E-state index in [1.54, 1.807) is 17.2 Å². The minimum absolute atomic E-state index is 0.128. The van der Waals surface area contributed by atoms with Crippen molar-refractivity contribution < 1.29 is 13.9 Å². The largest absolute Gasteiger partial charge is 0.444 e. The fourth-order valence-electron chi connectivity index (χ4n) is 4.80. The van der Waals surface area contributed by atoms with Gasteiger partial charge in [0, 0.05) is 54.3 Å². The number of nitriles is 1. The number of amides is 1. The van der Waals surface area contributed by atoms with Crippen LogP contribution >= 0.6 is 11.6 Å². The molecule has 190 valence electrons. The fraction of sp³-hybridized carbons (Fsp3) is 0.333. The highest BCUT2D eigenvalue weighted by molar-refractivity contribution is 6.35. The summed E-state index contributed by atoms with van der Waals surface area (Å²) in [6.45, 7) is 9.06. The Morgan fingerprint density at radius 1 is 1.16 bits per heavy atom. The van der Waals surface area contributed by atoms with Gasteiger partial charge in [-0.2, -0.15) is 10.4 Å². The number of halogens is 2. The minimum Gasteiger partial charge on any atom is -0.444 e. The van der Waals surface area contributed by atoms with Crippen LogP contribution in [0.25, 0.3) is 32.9 Å². The molecule has 2 aromatic carbocycles. The molecule has 5 rings (SSSR count). The predicted octanol–water partition coefficient (Wildman–Crippen LogP) is 5.81. The molecule has 1 aliphatic rings. The summed E-state index contributed by atoms with van der Waals surface area (Å²) in [5.41, 5.74) is 2.92. The second kappa shape index (κ2) is 9.20. The van der Waals surface area contributed by atoms with Gasteiger partial charge in [-0.1, -0.05) is 17.7 Å². The summed E-state index contributed by atoms with van der Waals surface area (Å²) in [4.78, 5) is 20.4. The Morgan fingerprint density at radius 3 is 2.57 bits per heavy atom. The Balaban J connectivity index is 1.58. The lowest BCUT2D eigenvalue weighted by atomic mass is 9.94. The first kappa shape index (κ1) is 24.8. The van der Waals surface area contributed by atoms with Crippen LogP contribution in [0.1, 0.15) is 31.9 Å². The zero-order valence-corrected chi connectivity index (χ0v) is 21.8. The Kier molecular flexibility index (Phi) is 6.16. The zero-order chi connectivity index (χ0) is 26.5. The number of hydrogen-bond acceptors (Lipinski definition) is 6. The SMILES string of the molecule is Cc1ccc2[nH]ncc2c1-c1c(Cl)cc2c(N3CCN(C(=O)OC(C)(C)C)CC3)c(C#N)cnc2c1F. The first-order chi connectivity index (χ1) is 17.6. The summed E-state index contributed by atoms with van der Waals surface area (Å²) in [5.74, 6) is -0.558. The molecule has 0 bridgehead atoms. The van der Waals surface area contributed by atoms with E-state index >= 15 is 4.39 Å². The molecule has 0 atom stereocenters. The number of piperazine rings is 1. The number of pyridine rings is 1. The van der Waals surface area contributed by atoms with Crippen molar-refractivity contribution in [2.24, 2.45) is 0 Å². The van der Waals surface area contributed by atoms with Gasteiger partial charge < -0.3 is 14.5 Å². The second-order valence-corrected chi connectivity index (χ2v) is 10.5. The van der Waals surface area contributed by atoms with Gasteiger partial charge >= 0.3 is 6.09 Å². The van der Waals surface area contributed by atoms with Crippen molar-refractivity contribution in [3.8, 4) is 17.2 Å². The lowest BCUT2D eigenvalue weighted by Crippen LogP contribution is -2.50. The van der Waals surface area contributed by atoms with Crippen LogP contribution in [0.5, 0.6) is 0 Å². The number of nitrogens with one attached hydrogen (secondary N) is 1. The standard InChI is InChI=1S/C27H26ClFN6O2/c1-15-5-6-20-18(14-32-33-20)21(15)22-19(28)11-17-24(23(22)29)31-13-16(12-30)25(17)34-7-9-35(10-8-34)26(36)37-27(2,3)4/h5-6,11,13-14H,7-10H2,1-4H3,(H,32,33). The van der Waals surface area contributed by atoms with E-state index in [9.17, 15) is 10.1 Å². The molecule has 0 unspecified atom stereocenters. The molecule has 1 saturated heterocycles. The summed E-state index contributed by atoms with van der Waals surface area (Å²) >= 11 is 6.75. The summed E-state index contributed by atoms with van der Waals surface area (Å²) in [6.07, 6.45) is 2.67. The first-order valence-electron chi connectivity index (χ1n) is 12.0. The number of fused-ring (bicyclic) bond motifs is 2. The highest BCUT2D eigenvalue weighted by Crippen LogP contribution is 2.42. The van der Waals surface area contributed by atoms with Crippen molar-refractivity contribution in [3.05, 3.63) is 52.6 Å². The number of H-pyrrole nitrogens is 1. The van der Waals surface area contributed by atoms with Crippen LogP contribution in [0, 0.1) is 24.1 Å². The van der Waals surface area contributed by atoms with Crippen LogP contribution in [0.2, 0.25) is 5.02 Å². The van der Waals surface area contributed by atoms with Gasteiger partial charge in [0.25, 0.3) is 0 Å². The number of carbonyl (C=O) groups is 1. The number of anilines is 1. The number of aromatic nitrogens is 3. The molecular weight excluding hydrogens is 495 g/mol. The predicted molar refractivity (Wildman–Crippen MR) is 141 cm³/mol. The van der Waals surface area contributed by atoms with Crippen LogP contribution in [-0.4, -0.2) is 58.0 Å². The molecule has 37 heavy (non-hydrogen) atoms. The molecule has 10 heteroatoms. The Labute approximate surface area is 218 Å². The van der Waals surface area contributed by atoms with E-state index in [0.29, 0.717) is 48.4 Å². The monoisotopic (exact) mass is 520 g/mol. The summed E-state index contributed by atoms with van der Waals surface area (Å²) in [7, 11) is 0. The topological polar surface area (TPSA) is 98.1 Å². The van der Waals surface area contributed by atoms with E-state index in [4.69, 9.17) is 16.3 Å². The maximum Gasteiger partial charge on any atom is 0.410 e. The fourth-order valence-corrected chi connectivity index (χ4v) is 5.09. The number of carbonyl (C=O) groups excluding carboxylic acids is 1. The van der Waals surface area contributed by atoms with Crippen LogP contribution in [-0.2, 0) is 4.74 Å². The zero-order valence-electron chi connectivity index (χ0n) is 21.0. The number of benzene rings is 2. The Morgan fingerprint density at radius 2 is 1.89 bits per heavy atom. The second-order valence-electron chi connectivity index (χ2n) is 10.1. The van der Waals surface area contributed by atoms with E-state index in [2.05, 4.69) is 21.3 Å². The smallest absolute Gasteiger partial charge is 0.410 e. The lowest BCUT2D eigenvalue weighted by Gasteiger charge is -2.37. The number of aromatic amines is 1. The molecule has 0 spiro atoms. The first-order valence-corrected chi connectivity index (χ1v) is 12.3. The third kappa shape index (κ3) is 4.42. The van der Waals surface area contributed by atoms with Crippen LogP contribution in [0.3, 0.4) is 0 Å². The Bertz CT molecular complexity index is 1580. The van der Waals surface area contributed by atoms with Crippen molar-refractivity contribution in [1.29, 1.82) is 5.26 Å². The van der Waals surface area contributed by atoms with Crippen molar-refractivity contribution in [2.45, 2.75) is 33.3 Å². The minimum atomic E-state index is -0.589. The molecule has 1 fully saturated rings. The molecular formula is C27H26ClFN6O2. The van der Waals surface area contributed by atoms with Crippen molar-refractivity contribution in [1.82, 2.24) is 20.1 Å². The molecule has 4 aromatic rings. The van der Waals surface area contributed by atoms with Crippen LogP contribution < -0.4 is 4.90 Å². The summed E-state index contributed by atoms with van der Waals surface area (Å²) < 4.78 is 21.7. The number of aryl methyl sites for hydroxylation is 1. The van der Waals surface area contributed by atoms with Gasteiger partial charge in [0.1, 0.15) is 17.2 Å². The van der Waals surface area contributed by atoms with Gasteiger partial charge in [-0.05, 0) is 45.4 Å². The van der Waals surface area contributed by atoms with Crippen molar-refractivity contribution >= 4 is 45.2 Å². The molecule has 1 N–H and O–H groups in total. The maximum atomic E-state index is 16.2. The number of nitrogens with zero attached hydrogens (tertiary/aromatic N) is 5. The summed E-state index contributed by atoms with van der Waals surface area (Å²) in [5, 5.41) is 18.3. The highest BCUT2D eigenvalue weighted by Gasteiger charge is 2.29. The van der Waals surface area contributed by atoms with E-state index in [-0.39, 0.29) is 22.2 Å². The van der Waals surface area contributed by atoms with E-state index in [1.807, 2.05) is 44.7 Å². The average molecular weight is 521 g/mol. The van der Waals surface area contributed by atoms with Gasteiger partial charge in [0.15, 0.2) is 5.82 Å². The van der Waals surface area contributed by atoms with Crippen molar-refractivity contribution in [2.75, 3.05) is 31.1 Å². The average Bonchev–Trinajstić information content (AvgIpc) is 3.32. The van der Waals surface area contributed by atoms with E-state index in [1.165, 1.54) is 6.20 Å². The quantitative estimate of drug-likeness (QED) is 0.358. The Hall–Kier alpha value is -3.90. The van der Waals surface area contributed by atoms with Gasteiger partial charge in [-0.25, -0.2) is 9.18 Å². The van der Waals surface area contributed by atoms with Crippen molar-refractivity contribution in [3.63, 3.8) is 0 Å². The molecule has 0 saturated carbocycles. The van der Waals surface area contributed by atoms with Gasteiger partial charge in [0.2, 0.25) is 0 Å². The van der Waals surface area contributed by atoms with Crippen LogP contribution in [0.15, 0.2) is 30.6 Å². The number of hydrogen-bond donors (Lipinski definition) is 1. The van der Waals surface area contributed by atoms with E-state index in [0.717, 1.165) is 16.5 Å². The van der Waals surface area contributed by atoms with Gasteiger partial charge in [-0.3, -0.25) is 10.1 Å². The molecule has 2 aromatic heterocycles. The molecule has 0 aliphatic carbocycles. The lowest BCUT2D eigenvalue weighted by molar-refractivity contribution is 0.0240. The van der Waals surface area contributed by atoms with Crippen LogP contribution in [0.4, 0.5) is 14.9 Å². The highest BCUT2D eigenvalue weighted by atomic mass is 35.5. The third-order valence-electron chi connectivity index (χ3n) is 6.48. The molecule has 1 amide bonds. The molecule has 3 heterocycles. The van der Waals surface area contributed by atoms with Gasteiger partial charge in [-0.15, -0.1) is 0 Å². The summed E-state index contributed by atoms with van der Waals surface area (Å²) in [6, 6.07) is 7.63. The molecule has 8 nitrogen and oxygen atoms in total. The molecule has 0 radical (unpaired) electrons. The third-order valence-corrected chi connectivity index (χ3v) is 6.77. The normalized spacial score (nSPS) is 14.3. The van der Waals surface area contributed by atoms with Gasteiger partial charge in [0.05, 0.1) is 28.0 Å². The maximum absolute atomic E-state index is 16.2. The molecule has 1 aliphatic heterocycles. The number of rotatable bonds is 2.